The Labute approximate surface area is 92.0 Å². The Bertz CT molecular complexity index is 203. The summed E-state index contributed by atoms with van der Waals surface area (Å²) in [5.41, 5.74) is 0. The zero-order valence-electron chi connectivity index (χ0n) is 9.95. The van der Waals surface area contributed by atoms with Gasteiger partial charge in [0.25, 0.3) is 0 Å². The van der Waals surface area contributed by atoms with Gasteiger partial charge in [-0.1, -0.05) is 6.92 Å². The topological polar surface area (TPSA) is 41.6 Å². The minimum absolute atomic E-state index is 0.122. The number of rotatable bonds is 6. The number of carbonyl (C=O) groups is 1. The normalized spacial score (nSPS) is 16.5. The van der Waals surface area contributed by atoms with Crippen LogP contribution in [0.3, 0.4) is 0 Å². The molecule has 1 heterocycles. The molecule has 0 unspecified atom stereocenters. The molecule has 1 fully saturated rings. The summed E-state index contributed by atoms with van der Waals surface area (Å²) in [5.74, 6) is 0.122. The molecular formula is C11H22N2O2. The number of hydrogen-bond acceptors (Lipinski definition) is 3. The van der Waals surface area contributed by atoms with Gasteiger partial charge >= 0.3 is 0 Å². The molecule has 4 heteroatoms. The van der Waals surface area contributed by atoms with Crippen LogP contribution >= 0.6 is 0 Å². The number of nitrogens with zero attached hydrogens (tertiary/aromatic N) is 1. The monoisotopic (exact) mass is 214 g/mol. The van der Waals surface area contributed by atoms with Crippen LogP contribution in [0.2, 0.25) is 0 Å². The molecule has 0 aliphatic carbocycles. The van der Waals surface area contributed by atoms with Crippen LogP contribution in [-0.2, 0) is 9.53 Å². The molecule has 0 aromatic rings. The SMILES string of the molecule is CCCN(C(=O)COC(C)C)C1CNC1. The molecule has 1 rings (SSSR count). The zero-order chi connectivity index (χ0) is 11.3. The maximum atomic E-state index is 11.8. The molecule has 88 valence electrons. The second-order valence-electron chi connectivity index (χ2n) is 4.26. The predicted molar refractivity (Wildman–Crippen MR) is 59.7 cm³/mol. The highest BCUT2D eigenvalue weighted by atomic mass is 16.5. The fourth-order valence-electron chi connectivity index (χ4n) is 1.57. The fourth-order valence-corrected chi connectivity index (χ4v) is 1.57. The highest BCUT2D eigenvalue weighted by Crippen LogP contribution is 2.07. The highest BCUT2D eigenvalue weighted by Gasteiger charge is 2.27. The Morgan fingerprint density at radius 1 is 1.53 bits per heavy atom. The third kappa shape index (κ3) is 3.80. The van der Waals surface area contributed by atoms with Gasteiger partial charge in [0.05, 0.1) is 12.1 Å². The van der Waals surface area contributed by atoms with Gasteiger partial charge in [-0.05, 0) is 20.3 Å². The Morgan fingerprint density at radius 2 is 2.20 bits per heavy atom. The summed E-state index contributed by atoms with van der Waals surface area (Å²) in [6.07, 6.45) is 1.13. The van der Waals surface area contributed by atoms with Crippen molar-refractivity contribution in [3.05, 3.63) is 0 Å². The van der Waals surface area contributed by atoms with E-state index in [2.05, 4.69) is 12.2 Å². The van der Waals surface area contributed by atoms with Crippen molar-refractivity contribution in [2.75, 3.05) is 26.2 Å². The number of carbonyl (C=O) groups excluding carboxylic acids is 1. The van der Waals surface area contributed by atoms with Crippen LogP contribution < -0.4 is 5.32 Å². The molecule has 0 radical (unpaired) electrons. The summed E-state index contributed by atoms with van der Waals surface area (Å²) in [4.78, 5) is 13.8. The van der Waals surface area contributed by atoms with Gasteiger partial charge in [0.1, 0.15) is 6.61 Å². The van der Waals surface area contributed by atoms with Crippen molar-refractivity contribution in [3.8, 4) is 0 Å². The lowest BCUT2D eigenvalue weighted by Crippen LogP contribution is -2.59. The van der Waals surface area contributed by atoms with E-state index in [0.717, 1.165) is 26.1 Å². The lowest BCUT2D eigenvalue weighted by Gasteiger charge is -2.38. The standard InChI is InChI=1S/C11H22N2O2/c1-4-5-13(10-6-12-7-10)11(14)8-15-9(2)3/h9-10,12H,4-8H2,1-3H3. The van der Waals surface area contributed by atoms with Crippen LogP contribution in [0.15, 0.2) is 0 Å². The van der Waals surface area contributed by atoms with E-state index in [0.29, 0.717) is 6.04 Å². The summed E-state index contributed by atoms with van der Waals surface area (Å²) >= 11 is 0. The van der Waals surface area contributed by atoms with Gasteiger partial charge in [-0.25, -0.2) is 0 Å². The molecule has 1 N–H and O–H groups in total. The lowest BCUT2D eigenvalue weighted by atomic mass is 10.1. The average molecular weight is 214 g/mol. The van der Waals surface area contributed by atoms with Crippen molar-refractivity contribution in [1.82, 2.24) is 10.2 Å². The number of hydrogen-bond donors (Lipinski definition) is 1. The van der Waals surface area contributed by atoms with E-state index >= 15 is 0 Å². The molecule has 0 saturated carbocycles. The van der Waals surface area contributed by atoms with Gasteiger partial charge in [0, 0.05) is 19.6 Å². The molecule has 1 saturated heterocycles. The first-order valence-corrected chi connectivity index (χ1v) is 5.77. The van der Waals surface area contributed by atoms with E-state index < -0.39 is 0 Å². The van der Waals surface area contributed by atoms with Crippen molar-refractivity contribution < 1.29 is 9.53 Å². The predicted octanol–water partition coefficient (Wildman–Crippen LogP) is 0.622. The number of ether oxygens (including phenoxy) is 1. The summed E-state index contributed by atoms with van der Waals surface area (Å²) in [7, 11) is 0. The number of amides is 1. The Morgan fingerprint density at radius 3 is 2.60 bits per heavy atom. The Hall–Kier alpha value is -0.610. The van der Waals surface area contributed by atoms with E-state index in [4.69, 9.17) is 4.74 Å². The molecule has 1 aliphatic rings. The van der Waals surface area contributed by atoms with E-state index in [1.165, 1.54) is 0 Å². The van der Waals surface area contributed by atoms with E-state index in [1.807, 2.05) is 18.7 Å². The maximum Gasteiger partial charge on any atom is 0.248 e. The molecule has 0 spiro atoms. The first kappa shape index (κ1) is 12.5. The van der Waals surface area contributed by atoms with Crippen LogP contribution in [0.5, 0.6) is 0 Å². The molecule has 0 bridgehead atoms. The summed E-state index contributed by atoms with van der Waals surface area (Å²) < 4.78 is 5.34. The van der Waals surface area contributed by atoms with Gasteiger partial charge in [-0.2, -0.15) is 0 Å². The molecule has 15 heavy (non-hydrogen) atoms. The van der Waals surface area contributed by atoms with Crippen molar-refractivity contribution in [2.45, 2.75) is 39.3 Å². The van der Waals surface area contributed by atoms with Gasteiger partial charge in [0.2, 0.25) is 5.91 Å². The van der Waals surface area contributed by atoms with Crippen molar-refractivity contribution in [3.63, 3.8) is 0 Å². The lowest BCUT2D eigenvalue weighted by molar-refractivity contribution is -0.141. The highest BCUT2D eigenvalue weighted by molar-refractivity contribution is 5.78. The van der Waals surface area contributed by atoms with E-state index in [1.54, 1.807) is 0 Å². The van der Waals surface area contributed by atoms with Gasteiger partial charge < -0.3 is 15.0 Å². The van der Waals surface area contributed by atoms with Crippen LogP contribution in [-0.4, -0.2) is 49.2 Å². The molecule has 0 aromatic heterocycles. The second kappa shape index (κ2) is 6.08. The molecule has 0 aromatic carbocycles. The first-order chi connectivity index (χ1) is 7.15. The van der Waals surface area contributed by atoms with Crippen molar-refractivity contribution in [1.29, 1.82) is 0 Å². The van der Waals surface area contributed by atoms with Crippen molar-refractivity contribution >= 4 is 5.91 Å². The summed E-state index contributed by atoms with van der Waals surface area (Å²) in [5, 5.41) is 3.19. The second-order valence-corrected chi connectivity index (χ2v) is 4.26. The minimum Gasteiger partial charge on any atom is -0.369 e. The molecular weight excluding hydrogens is 192 g/mol. The smallest absolute Gasteiger partial charge is 0.248 e. The van der Waals surface area contributed by atoms with Crippen LogP contribution in [0, 0.1) is 0 Å². The molecule has 1 aliphatic heterocycles. The van der Waals surface area contributed by atoms with Crippen LogP contribution in [0.4, 0.5) is 0 Å². The van der Waals surface area contributed by atoms with Crippen LogP contribution in [0.1, 0.15) is 27.2 Å². The van der Waals surface area contributed by atoms with E-state index in [9.17, 15) is 4.79 Å². The molecule has 0 atom stereocenters. The minimum atomic E-state index is 0.122. The third-order valence-electron chi connectivity index (χ3n) is 2.53. The summed E-state index contributed by atoms with van der Waals surface area (Å²) in [6.45, 7) is 8.89. The Kier molecular flexibility index (Phi) is 5.05. The third-order valence-corrected chi connectivity index (χ3v) is 2.53. The zero-order valence-corrected chi connectivity index (χ0v) is 9.95. The summed E-state index contributed by atoms with van der Waals surface area (Å²) in [6, 6.07) is 0.383. The average Bonchev–Trinajstić information content (AvgIpc) is 2.10. The van der Waals surface area contributed by atoms with Crippen molar-refractivity contribution in [2.24, 2.45) is 0 Å². The Balaban J connectivity index is 2.36. The quantitative estimate of drug-likeness (QED) is 0.705. The first-order valence-electron chi connectivity index (χ1n) is 5.77. The van der Waals surface area contributed by atoms with Gasteiger partial charge in [-0.15, -0.1) is 0 Å². The van der Waals surface area contributed by atoms with Crippen LogP contribution in [0.25, 0.3) is 0 Å². The maximum absolute atomic E-state index is 11.8. The van der Waals surface area contributed by atoms with Gasteiger partial charge in [0.15, 0.2) is 0 Å². The fraction of sp³-hybridized carbons (Fsp3) is 0.909. The van der Waals surface area contributed by atoms with Gasteiger partial charge in [-0.3, -0.25) is 4.79 Å². The molecule has 1 amide bonds. The molecule has 4 nitrogen and oxygen atoms in total. The number of nitrogens with one attached hydrogen (secondary N) is 1. The van der Waals surface area contributed by atoms with E-state index in [-0.39, 0.29) is 18.6 Å². The largest absolute Gasteiger partial charge is 0.369 e.